The topological polar surface area (TPSA) is 136 Å². The van der Waals surface area contributed by atoms with Gasteiger partial charge in [-0.2, -0.15) is 0 Å². The molecule has 2 fully saturated rings. The maximum Gasteiger partial charge on any atom is 0.417 e. The highest BCUT2D eigenvalue weighted by atomic mass is 35.5. The summed E-state index contributed by atoms with van der Waals surface area (Å²) in [5, 5.41) is 6.45. The number of hydrogen-bond donors (Lipinski definition) is 4. The molecular formula is C35H42ClN5O5. The predicted molar refractivity (Wildman–Crippen MR) is 182 cm³/mol. The number of benzene rings is 3. The van der Waals surface area contributed by atoms with Crippen molar-refractivity contribution < 1.29 is 13.6 Å². The molecule has 0 bridgehead atoms. The average molecular weight is 648 g/mol. The number of aryl methyl sites for hydroxylation is 1. The number of carbonyl (C=O) groups excluding carboxylic acids is 1. The molecule has 4 N–H and O–H groups in total. The van der Waals surface area contributed by atoms with Gasteiger partial charge in [0.05, 0.1) is 11.0 Å². The molecule has 0 saturated carbocycles. The van der Waals surface area contributed by atoms with E-state index in [0.29, 0.717) is 35.7 Å². The minimum Gasteiger partial charge on any atom is -0.408 e. The second-order valence-electron chi connectivity index (χ2n) is 12.0. The summed E-state index contributed by atoms with van der Waals surface area (Å²) in [4.78, 5) is 42.2. The number of aromatic amines is 2. The van der Waals surface area contributed by atoms with Gasteiger partial charge in [-0.05, 0) is 98.4 Å². The van der Waals surface area contributed by atoms with Crippen molar-refractivity contribution in [1.29, 1.82) is 0 Å². The minimum absolute atomic E-state index is 0. The molecule has 11 heteroatoms. The Bertz CT molecular complexity index is 1820. The third kappa shape index (κ3) is 8.50. The largest absolute Gasteiger partial charge is 0.417 e. The zero-order valence-corrected chi connectivity index (χ0v) is 26.7. The van der Waals surface area contributed by atoms with E-state index in [9.17, 15) is 14.4 Å². The summed E-state index contributed by atoms with van der Waals surface area (Å²) in [5.74, 6) is -0.0153. The number of rotatable bonds is 7. The normalized spacial score (nSPS) is 18.0. The van der Waals surface area contributed by atoms with E-state index in [0.717, 1.165) is 62.8 Å². The number of hydrogen-bond acceptors (Lipinski definition) is 6. The Balaban J connectivity index is 0.000000207. The van der Waals surface area contributed by atoms with E-state index in [1.54, 1.807) is 0 Å². The summed E-state index contributed by atoms with van der Waals surface area (Å²) in [6, 6.07) is 22.2. The molecular weight excluding hydrogens is 606 g/mol. The number of carbonyl (C=O) groups is 1. The lowest BCUT2D eigenvalue weighted by Gasteiger charge is -2.33. The molecule has 2 aromatic heterocycles. The summed E-state index contributed by atoms with van der Waals surface area (Å²) in [5.41, 5.74) is 6.42. The van der Waals surface area contributed by atoms with Crippen LogP contribution in [0, 0.1) is 0 Å². The van der Waals surface area contributed by atoms with E-state index >= 15 is 0 Å². The number of piperidine rings is 2. The second-order valence-corrected chi connectivity index (χ2v) is 12.0. The smallest absolute Gasteiger partial charge is 0.408 e. The summed E-state index contributed by atoms with van der Waals surface area (Å²) < 4.78 is 10.2. The molecule has 2 atom stereocenters. The number of unbranched alkanes of at least 4 members (excludes halogenated alkanes) is 1. The fourth-order valence-corrected chi connectivity index (χ4v) is 6.41. The number of nitrogens with zero attached hydrogens (tertiary/aromatic N) is 1. The third-order valence-corrected chi connectivity index (χ3v) is 8.85. The van der Waals surface area contributed by atoms with Crippen molar-refractivity contribution in [2.24, 2.45) is 0 Å². The van der Waals surface area contributed by atoms with Gasteiger partial charge in [-0.3, -0.25) is 9.97 Å². The van der Waals surface area contributed by atoms with Crippen molar-refractivity contribution in [2.75, 3.05) is 32.7 Å². The van der Waals surface area contributed by atoms with Gasteiger partial charge in [-0.1, -0.05) is 42.5 Å². The van der Waals surface area contributed by atoms with E-state index in [1.807, 2.05) is 41.3 Å². The van der Waals surface area contributed by atoms with Crippen molar-refractivity contribution in [3.8, 4) is 0 Å². The number of amides is 2. The van der Waals surface area contributed by atoms with Gasteiger partial charge < -0.3 is 24.4 Å². The quantitative estimate of drug-likeness (QED) is 0.159. The highest BCUT2D eigenvalue weighted by Crippen LogP contribution is 2.29. The molecule has 4 heterocycles. The van der Waals surface area contributed by atoms with Crippen LogP contribution in [0.2, 0.25) is 0 Å². The van der Waals surface area contributed by atoms with Gasteiger partial charge in [-0.15, -0.1) is 12.4 Å². The Labute approximate surface area is 273 Å². The molecule has 0 spiro atoms. The molecule has 3 aromatic carbocycles. The molecule has 0 aliphatic carbocycles. The van der Waals surface area contributed by atoms with Crippen LogP contribution in [0.3, 0.4) is 0 Å². The zero-order chi connectivity index (χ0) is 31.0. The standard InChI is InChI=1S/C23H27N3O3.C12H14N2O2.ClH/c27-22(24-13-5-4-9-17-7-2-1-3-8-17)26-14-6-10-19(16-26)18-11-12-20-21(15-18)29-23(28)25-20;15-12-14-10-4-3-8(6-11(10)16-12)9-2-1-5-13-7-9;/h1-3,7-8,11-12,15,19H,4-6,9-10,13-14,16H2,(H,24,27)(H,25,28);3-4,6,9,13H,1-2,5,7H2,(H,14,15);1H. The number of fused-ring (bicyclic) bond motifs is 2. The van der Waals surface area contributed by atoms with Crippen LogP contribution < -0.4 is 22.1 Å². The van der Waals surface area contributed by atoms with Crippen LogP contribution >= 0.6 is 12.4 Å². The number of likely N-dealkylation sites (tertiary alicyclic amines) is 1. The minimum atomic E-state index is -0.436. The first kappa shape index (κ1) is 33.1. The highest BCUT2D eigenvalue weighted by Gasteiger charge is 2.25. The molecule has 2 amide bonds. The maximum atomic E-state index is 12.6. The Morgan fingerprint density at radius 3 is 2.13 bits per heavy atom. The Hall–Kier alpha value is -4.28. The van der Waals surface area contributed by atoms with Gasteiger partial charge in [0.25, 0.3) is 0 Å². The number of urea groups is 1. The van der Waals surface area contributed by atoms with Crippen LogP contribution in [0.1, 0.15) is 67.1 Å². The van der Waals surface area contributed by atoms with Crippen LogP contribution in [-0.4, -0.2) is 53.6 Å². The summed E-state index contributed by atoms with van der Waals surface area (Å²) in [6.07, 6.45) is 7.49. The fraction of sp³-hybridized carbons (Fsp3) is 0.400. The molecule has 0 radical (unpaired) electrons. The summed E-state index contributed by atoms with van der Waals surface area (Å²) in [6.45, 7) is 4.30. The monoisotopic (exact) mass is 647 g/mol. The van der Waals surface area contributed by atoms with Gasteiger partial charge in [0.1, 0.15) is 0 Å². The Morgan fingerprint density at radius 2 is 1.48 bits per heavy atom. The first-order valence-electron chi connectivity index (χ1n) is 16.0. The highest BCUT2D eigenvalue weighted by molar-refractivity contribution is 5.85. The molecule has 2 unspecified atom stereocenters. The van der Waals surface area contributed by atoms with Crippen LogP contribution in [0.4, 0.5) is 4.79 Å². The van der Waals surface area contributed by atoms with Crippen LogP contribution in [0.5, 0.6) is 0 Å². The van der Waals surface area contributed by atoms with Crippen LogP contribution in [0.25, 0.3) is 22.2 Å². The van der Waals surface area contributed by atoms with E-state index in [4.69, 9.17) is 8.83 Å². The predicted octanol–water partition coefficient (Wildman–Crippen LogP) is 6.04. The van der Waals surface area contributed by atoms with Crippen molar-refractivity contribution >= 4 is 40.6 Å². The van der Waals surface area contributed by atoms with Gasteiger partial charge >= 0.3 is 17.5 Å². The fourth-order valence-electron chi connectivity index (χ4n) is 6.41. The number of oxazole rings is 2. The lowest BCUT2D eigenvalue weighted by molar-refractivity contribution is 0.179. The molecule has 46 heavy (non-hydrogen) atoms. The van der Waals surface area contributed by atoms with Gasteiger partial charge in [0.15, 0.2) is 11.2 Å². The maximum absolute atomic E-state index is 12.6. The first-order valence-corrected chi connectivity index (χ1v) is 16.0. The van der Waals surface area contributed by atoms with Crippen LogP contribution in [-0.2, 0) is 6.42 Å². The molecule has 244 valence electrons. The molecule has 5 aromatic rings. The van der Waals surface area contributed by atoms with Gasteiger partial charge in [-0.25, -0.2) is 14.4 Å². The number of nitrogens with one attached hydrogen (secondary N) is 4. The number of H-pyrrole nitrogens is 2. The molecule has 2 aliphatic heterocycles. The molecule has 7 rings (SSSR count). The van der Waals surface area contributed by atoms with Crippen molar-refractivity contribution in [3.63, 3.8) is 0 Å². The van der Waals surface area contributed by atoms with Crippen molar-refractivity contribution in [2.45, 2.75) is 56.8 Å². The SMILES string of the molecule is Cl.O=C(NCCCCc1ccccc1)N1CCCC(c2ccc3[nH]c(=O)oc3c2)C1.O=c1[nH]c2ccc(C3CCCNC3)cc2o1. The number of aromatic nitrogens is 2. The third-order valence-electron chi connectivity index (χ3n) is 8.85. The summed E-state index contributed by atoms with van der Waals surface area (Å²) >= 11 is 0. The second kappa shape index (κ2) is 15.8. The first-order chi connectivity index (χ1) is 22.0. The Morgan fingerprint density at radius 1 is 0.826 bits per heavy atom. The average Bonchev–Trinajstić information content (AvgIpc) is 3.65. The van der Waals surface area contributed by atoms with Crippen molar-refractivity contribution in [1.82, 2.24) is 25.5 Å². The van der Waals surface area contributed by atoms with Crippen LogP contribution in [0.15, 0.2) is 85.2 Å². The van der Waals surface area contributed by atoms with Gasteiger partial charge in [0, 0.05) is 32.1 Å². The summed E-state index contributed by atoms with van der Waals surface area (Å²) in [7, 11) is 0. The molecule has 2 saturated heterocycles. The van der Waals surface area contributed by atoms with E-state index in [-0.39, 0.29) is 30.1 Å². The van der Waals surface area contributed by atoms with E-state index in [2.05, 4.69) is 50.9 Å². The van der Waals surface area contributed by atoms with Gasteiger partial charge in [0.2, 0.25) is 0 Å². The Kier molecular flexibility index (Phi) is 11.4. The molecule has 10 nitrogen and oxygen atoms in total. The zero-order valence-electron chi connectivity index (χ0n) is 25.9. The number of halogens is 1. The molecule has 2 aliphatic rings. The lowest BCUT2D eigenvalue weighted by atomic mass is 9.90. The van der Waals surface area contributed by atoms with Crippen molar-refractivity contribution in [3.05, 3.63) is 105 Å². The van der Waals surface area contributed by atoms with E-state index in [1.165, 1.54) is 24.0 Å². The van der Waals surface area contributed by atoms with E-state index < -0.39 is 5.76 Å². The lowest BCUT2D eigenvalue weighted by Crippen LogP contribution is -2.45.